The van der Waals surface area contributed by atoms with E-state index in [9.17, 15) is 9.18 Å². The highest BCUT2D eigenvalue weighted by Crippen LogP contribution is 2.35. The number of aliphatic imine (C=N–C) groups is 1. The molecular weight excluding hydrogens is 379 g/mol. The summed E-state index contributed by atoms with van der Waals surface area (Å²) in [5.41, 5.74) is 1.00. The number of rotatable bonds is 6. The van der Waals surface area contributed by atoms with E-state index in [1.165, 1.54) is 22.7 Å². The van der Waals surface area contributed by atoms with Crippen molar-refractivity contribution in [1.29, 1.82) is 0 Å². The number of amides is 1. The lowest BCUT2D eigenvalue weighted by molar-refractivity contribution is -0.121. The Morgan fingerprint density at radius 3 is 2.71 bits per heavy atom. The molecule has 2 aromatic rings. The molecule has 0 N–H and O–H groups in total. The third kappa shape index (κ3) is 4.36. The van der Waals surface area contributed by atoms with Gasteiger partial charge in [-0.25, -0.2) is 9.38 Å². The number of hydrogen-bond acceptors (Lipinski definition) is 5. The normalized spacial score (nSPS) is 16.9. The number of amidine groups is 1. The van der Waals surface area contributed by atoms with Crippen LogP contribution in [0.2, 0.25) is 0 Å². The van der Waals surface area contributed by atoms with Gasteiger partial charge in [0, 0.05) is 7.05 Å². The molecule has 2 aromatic carbocycles. The number of hydrogen-bond donors (Lipinski definition) is 0. The van der Waals surface area contributed by atoms with Crippen LogP contribution in [0.1, 0.15) is 18.9 Å². The molecule has 0 radical (unpaired) electrons. The Labute approximate surface area is 167 Å². The minimum atomic E-state index is -0.429. The average molecular weight is 400 g/mol. The van der Waals surface area contributed by atoms with E-state index in [0.29, 0.717) is 28.2 Å². The van der Waals surface area contributed by atoms with Crippen molar-refractivity contribution in [2.24, 2.45) is 4.99 Å². The van der Waals surface area contributed by atoms with E-state index in [-0.39, 0.29) is 11.6 Å². The SMILES string of the molecule is CCCOc1ccc(/C=C2/SC(=Nc3ccccc3F)N(C)C2=O)cc1OC. The number of thioether (sulfide) groups is 1. The summed E-state index contributed by atoms with van der Waals surface area (Å²) in [6, 6.07) is 11.7. The van der Waals surface area contributed by atoms with Crippen LogP contribution in [-0.4, -0.2) is 36.7 Å². The van der Waals surface area contributed by atoms with Gasteiger partial charge in [-0.05, 0) is 54.1 Å². The first-order valence-corrected chi connectivity index (χ1v) is 9.66. The molecule has 1 heterocycles. The number of benzene rings is 2. The maximum atomic E-state index is 13.9. The Morgan fingerprint density at radius 1 is 1.21 bits per heavy atom. The first-order valence-electron chi connectivity index (χ1n) is 8.85. The predicted octanol–water partition coefficient (Wildman–Crippen LogP) is 4.86. The van der Waals surface area contributed by atoms with Gasteiger partial charge in [0.1, 0.15) is 11.5 Å². The standard InChI is InChI=1S/C21H21FN2O3S/c1-4-11-27-17-10-9-14(12-18(17)26-3)13-19-20(25)24(2)21(28-19)23-16-8-6-5-7-15(16)22/h5-10,12-13H,4,11H2,1-3H3/b19-13+,23-21?. The Kier molecular flexibility index (Phi) is 6.36. The van der Waals surface area contributed by atoms with Crippen molar-refractivity contribution in [2.45, 2.75) is 13.3 Å². The molecule has 28 heavy (non-hydrogen) atoms. The van der Waals surface area contributed by atoms with Crippen molar-refractivity contribution in [3.05, 3.63) is 58.8 Å². The fourth-order valence-corrected chi connectivity index (χ4v) is 3.53. The van der Waals surface area contributed by atoms with Gasteiger partial charge in [0.2, 0.25) is 0 Å². The molecular formula is C21H21FN2O3S. The first-order chi connectivity index (χ1) is 13.5. The Morgan fingerprint density at radius 2 is 2.00 bits per heavy atom. The summed E-state index contributed by atoms with van der Waals surface area (Å²) in [6.45, 7) is 2.64. The first kappa shape index (κ1) is 19.9. The fourth-order valence-electron chi connectivity index (χ4n) is 2.55. The number of halogens is 1. The van der Waals surface area contributed by atoms with Crippen LogP contribution in [0.4, 0.5) is 10.1 Å². The van der Waals surface area contributed by atoms with Gasteiger partial charge in [0.25, 0.3) is 5.91 Å². The molecule has 1 amide bonds. The fraction of sp³-hybridized carbons (Fsp3) is 0.238. The summed E-state index contributed by atoms with van der Waals surface area (Å²) >= 11 is 1.21. The summed E-state index contributed by atoms with van der Waals surface area (Å²) in [5.74, 6) is 0.648. The molecule has 0 aromatic heterocycles. The van der Waals surface area contributed by atoms with Crippen LogP contribution in [0.15, 0.2) is 52.4 Å². The number of para-hydroxylation sites is 1. The van der Waals surface area contributed by atoms with E-state index in [1.807, 2.05) is 25.1 Å². The van der Waals surface area contributed by atoms with Crippen LogP contribution >= 0.6 is 11.8 Å². The number of carbonyl (C=O) groups excluding carboxylic acids is 1. The topological polar surface area (TPSA) is 51.1 Å². The number of likely N-dealkylation sites (N-methyl/N-ethyl adjacent to an activating group) is 1. The van der Waals surface area contributed by atoms with E-state index in [4.69, 9.17) is 9.47 Å². The van der Waals surface area contributed by atoms with Crippen molar-refractivity contribution in [3.8, 4) is 11.5 Å². The van der Waals surface area contributed by atoms with Crippen LogP contribution in [0.5, 0.6) is 11.5 Å². The van der Waals surface area contributed by atoms with Crippen LogP contribution < -0.4 is 9.47 Å². The van der Waals surface area contributed by atoms with Crippen molar-refractivity contribution in [2.75, 3.05) is 20.8 Å². The maximum Gasteiger partial charge on any atom is 0.266 e. The third-order valence-electron chi connectivity index (χ3n) is 4.02. The number of ether oxygens (including phenoxy) is 2. The molecule has 0 atom stereocenters. The molecule has 3 rings (SSSR count). The van der Waals surface area contributed by atoms with E-state index < -0.39 is 5.82 Å². The second-order valence-corrected chi connectivity index (χ2v) is 7.09. The molecule has 0 aliphatic carbocycles. The smallest absolute Gasteiger partial charge is 0.266 e. The Balaban J connectivity index is 1.87. The number of carbonyl (C=O) groups is 1. The lowest BCUT2D eigenvalue weighted by Crippen LogP contribution is -2.23. The second-order valence-electron chi connectivity index (χ2n) is 6.08. The highest BCUT2D eigenvalue weighted by molar-refractivity contribution is 8.18. The summed E-state index contributed by atoms with van der Waals surface area (Å²) in [7, 11) is 3.20. The Bertz CT molecular complexity index is 943. The van der Waals surface area contributed by atoms with Crippen molar-refractivity contribution in [1.82, 2.24) is 4.90 Å². The zero-order valence-corrected chi connectivity index (χ0v) is 16.8. The number of nitrogens with zero attached hydrogens (tertiary/aromatic N) is 2. The molecule has 1 saturated heterocycles. The summed E-state index contributed by atoms with van der Waals surface area (Å²) in [6.07, 6.45) is 2.66. The zero-order chi connectivity index (χ0) is 20.1. The van der Waals surface area contributed by atoms with E-state index in [0.717, 1.165) is 12.0 Å². The van der Waals surface area contributed by atoms with Crippen molar-refractivity contribution >= 4 is 34.6 Å². The van der Waals surface area contributed by atoms with Crippen LogP contribution in [-0.2, 0) is 4.79 Å². The molecule has 1 aliphatic rings. The summed E-state index contributed by atoms with van der Waals surface area (Å²) < 4.78 is 24.9. The minimum Gasteiger partial charge on any atom is -0.493 e. The molecule has 146 valence electrons. The molecule has 0 bridgehead atoms. The highest BCUT2D eigenvalue weighted by atomic mass is 32.2. The molecule has 5 nitrogen and oxygen atoms in total. The lowest BCUT2D eigenvalue weighted by atomic mass is 10.2. The van der Waals surface area contributed by atoms with Crippen LogP contribution in [0.25, 0.3) is 6.08 Å². The summed E-state index contributed by atoms with van der Waals surface area (Å²) in [4.78, 5) is 18.8. The zero-order valence-electron chi connectivity index (χ0n) is 15.9. The van der Waals surface area contributed by atoms with Crippen LogP contribution in [0.3, 0.4) is 0 Å². The van der Waals surface area contributed by atoms with E-state index in [1.54, 1.807) is 38.4 Å². The molecule has 0 spiro atoms. The average Bonchev–Trinajstić information content (AvgIpc) is 2.96. The van der Waals surface area contributed by atoms with Gasteiger partial charge in [0.15, 0.2) is 16.7 Å². The second kappa shape index (κ2) is 8.93. The van der Waals surface area contributed by atoms with Gasteiger partial charge >= 0.3 is 0 Å². The van der Waals surface area contributed by atoms with Gasteiger partial charge in [0.05, 0.1) is 18.6 Å². The van der Waals surface area contributed by atoms with E-state index >= 15 is 0 Å². The lowest BCUT2D eigenvalue weighted by Gasteiger charge is -2.10. The quantitative estimate of drug-likeness (QED) is 0.650. The van der Waals surface area contributed by atoms with Crippen molar-refractivity contribution in [3.63, 3.8) is 0 Å². The molecule has 0 unspecified atom stereocenters. The maximum absolute atomic E-state index is 13.9. The van der Waals surface area contributed by atoms with Crippen LogP contribution in [0, 0.1) is 5.82 Å². The van der Waals surface area contributed by atoms with Gasteiger partial charge in [-0.3, -0.25) is 9.69 Å². The third-order valence-corrected chi connectivity index (χ3v) is 5.08. The highest BCUT2D eigenvalue weighted by Gasteiger charge is 2.30. The van der Waals surface area contributed by atoms with E-state index in [2.05, 4.69) is 4.99 Å². The largest absolute Gasteiger partial charge is 0.493 e. The molecule has 1 aliphatic heterocycles. The van der Waals surface area contributed by atoms with Crippen molar-refractivity contribution < 1.29 is 18.7 Å². The number of methoxy groups -OCH3 is 1. The molecule has 0 saturated carbocycles. The monoisotopic (exact) mass is 400 g/mol. The Hall–Kier alpha value is -2.80. The summed E-state index contributed by atoms with van der Waals surface area (Å²) in [5, 5.41) is 0.427. The van der Waals surface area contributed by atoms with Gasteiger partial charge in [-0.15, -0.1) is 0 Å². The molecule has 7 heteroatoms. The van der Waals surface area contributed by atoms with Gasteiger partial charge < -0.3 is 9.47 Å². The minimum absolute atomic E-state index is 0.189. The van der Waals surface area contributed by atoms with Gasteiger partial charge in [-0.1, -0.05) is 25.1 Å². The predicted molar refractivity (Wildman–Crippen MR) is 111 cm³/mol. The van der Waals surface area contributed by atoms with Gasteiger partial charge in [-0.2, -0.15) is 0 Å². The molecule has 1 fully saturated rings.